The number of nitrogens with zero attached hydrogens (tertiary/aromatic N) is 2. The molecule has 0 aromatic carbocycles. The molecule has 0 radical (unpaired) electrons. The third-order valence-electron chi connectivity index (χ3n) is 2.42. The van der Waals surface area contributed by atoms with Gasteiger partial charge in [-0.15, -0.1) is 0 Å². The smallest absolute Gasteiger partial charge is 0.129 e. The van der Waals surface area contributed by atoms with Crippen molar-refractivity contribution in [2.75, 3.05) is 18.4 Å². The van der Waals surface area contributed by atoms with Crippen LogP contribution in [-0.4, -0.2) is 18.1 Å². The van der Waals surface area contributed by atoms with Gasteiger partial charge in [-0.2, -0.15) is 4.91 Å². The maximum Gasteiger partial charge on any atom is 0.129 e. The Morgan fingerprint density at radius 2 is 1.89 bits per heavy atom. The number of anilines is 1. The molecule has 0 amide bonds. The number of pyridine rings is 1. The molecule has 0 fully saturated rings. The average Bonchev–Trinajstić information content (AvgIpc) is 2.45. The van der Waals surface area contributed by atoms with Crippen molar-refractivity contribution < 1.29 is 0 Å². The van der Waals surface area contributed by atoms with E-state index >= 15 is 0 Å². The van der Waals surface area contributed by atoms with Crippen molar-refractivity contribution >= 4 is 5.82 Å². The summed E-state index contributed by atoms with van der Waals surface area (Å²) < 4.78 is 0. The zero-order valence-corrected chi connectivity index (χ0v) is 13.3. The van der Waals surface area contributed by atoms with Gasteiger partial charge in [0.15, 0.2) is 0 Å². The summed E-state index contributed by atoms with van der Waals surface area (Å²) in [5, 5.41) is 5.88. The molecule has 19 heavy (non-hydrogen) atoms. The van der Waals surface area contributed by atoms with Gasteiger partial charge in [0.05, 0.1) is 6.54 Å². The molecular weight excluding hydrogens is 238 g/mol. The Labute approximate surface area is 118 Å². The minimum Gasteiger partial charge on any atom is -0.370 e. The molecule has 110 valence electrons. The van der Waals surface area contributed by atoms with E-state index in [0.717, 1.165) is 25.2 Å². The van der Waals surface area contributed by atoms with Gasteiger partial charge < -0.3 is 5.32 Å². The second kappa shape index (κ2) is 14.6. The SMILES string of the molecule is CC.CCCCN=O.CCNc1nccc(C)c1C. The fourth-order valence-corrected chi connectivity index (χ4v) is 1.20. The largest absolute Gasteiger partial charge is 0.370 e. The molecule has 0 aliphatic rings. The summed E-state index contributed by atoms with van der Waals surface area (Å²) in [6, 6.07) is 2.02. The molecule has 4 heteroatoms. The first-order valence-electron chi connectivity index (χ1n) is 7.12. The van der Waals surface area contributed by atoms with E-state index in [1.165, 1.54) is 11.1 Å². The second-order valence-electron chi connectivity index (χ2n) is 3.84. The van der Waals surface area contributed by atoms with Gasteiger partial charge >= 0.3 is 0 Å². The Bertz CT molecular complexity index is 327. The molecule has 1 aromatic heterocycles. The van der Waals surface area contributed by atoms with Crippen LogP contribution in [0.15, 0.2) is 17.4 Å². The molecule has 0 aliphatic carbocycles. The van der Waals surface area contributed by atoms with Crippen molar-refractivity contribution in [2.24, 2.45) is 5.18 Å². The number of nitroso groups, excluding NO2 is 1. The first-order chi connectivity index (χ1) is 9.17. The van der Waals surface area contributed by atoms with E-state index in [1.54, 1.807) is 0 Å². The Hall–Kier alpha value is -1.45. The van der Waals surface area contributed by atoms with Gasteiger partial charge in [-0.3, -0.25) is 0 Å². The van der Waals surface area contributed by atoms with Crippen molar-refractivity contribution in [1.29, 1.82) is 0 Å². The van der Waals surface area contributed by atoms with Crippen LogP contribution >= 0.6 is 0 Å². The number of unbranched alkanes of at least 4 members (excludes halogenated alkanes) is 1. The molecule has 4 nitrogen and oxygen atoms in total. The minimum atomic E-state index is 0.483. The predicted octanol–water partition coefficient (Wildman–Crippen LogP) is 4.71. The van der Waals surface area contributed by atoms with Crippen LogP contribution in [0, 0.1) is 18.8 Å². The molecule has 1 aromatic rings. The number of hydrogen-bond acceptors (Lipinski definition) is 4. The molecule has 0 saturated carbocycles. The summed E-state index contributed by atoms with van der Waals surface area (Å²) >= 11 is 0. The Kier molecular flexibility index (Phi) is 15.3. The molecule has 0 atom stereocenters. The van der Waals surface area contributed by atoms with Crippen molar-refractivity contribution in [2.45, 2.75) is 54.4 Å². The maximum absolute atomic E-state index is 9.31. The fraction of sp³-hybridized carbons (Fsp3) is 0.667. The highest BCUT2D eigenvalue weighted by molar-refractivity contribution is 5.46. The van der Waals surface area contributed by atoms with E-state index in [0.29, 0.717) is 6.54 Å². The lowest BCUT2D eigenvalue weighted by Crippen LogP contribution is -2.01. The maximum atomic E-state index is 9.31. The summed E-state index contributed by atoms with van der Waals surface area (Å²) in [6.07, 6.45) is 3.83. The molecule has 0 spiro atoms. The van der Waals surface area contributed by atoms with Crippen molar-refractivity contribution in [1.82, 2.24) is 4.98 Å². The zero-order chi connectivity index (χ0) is 15.1. The lowest BCUT2D eigenvalue weighted by molar-refractivity contribution is 0.804. The summed E-state index contributed by atoms with van der Waals surface area (Å²) in [4.78, 5) is 13.5. The lowest BCUT2D eigenvalue weighted by atomic mass is 10.2. The van der Waals surface area contributed by atoms with Crippen molar-refractivity contribution in [3.8, 4) is 0 Å². The molecule has 0 saturated heterocycles. The third kappa shape index (κ3) is 10.2. The van der Waals surface area contributed by atoms with E-state index < -0.39 is 0 Å². The van der Waals surface area contributed by atoms with Crippen LogP contribution in [0.4, 0.5) is 5.82 Å². The van der Waals surface area contributed by atoms with Gasteiger partial charge in [-0.1, -0.05) is 32.4 Å². The number of nitrogens with one attached hydrogen (secondary N) is 1. The first kappa shape index (κ1) is 19.9. The third-order valence-corrected chi connectivity index (χ3v) is 2.42. The number of hydrogen-bond donors (Lipinski definition) is 1. The number of aryl methyl sites for hydroxylation is 1. The van der Waals surface area contributed by atoms with Crippen molar-refractivity contribution in [3.05, 3.63) is 28.3 Å². The van der Waals surface area contributed by atoms with Gasteiger partial charge in [-0.25, -0.2) is 4.98 Å². The monoisotopic (exact) mass is 267 g/mol. The second-order valence-corrected chi connectivity index (χ2v) is 3.84. The Balaban J connectivity index is 0. The molecule has 0 unspecified atom stereocenters. The van der Waals surface area contributed by atoms with E-state index in [4.69, 9.17) is 0 Å². The van der Waals surface area contributed by atoms with Gasteiger partial charge in [0.2, 0.25) is 0 Å². The van der Waals surface area contributed by atoms with Crippen LogP contribution in [0.1, 0.15) is 51.7 Å². The molecule has 1 N–H and O–H groups in total. The van der Waals surface area contributed by atoms with Gasteiger partial charge in [0.1, 0.15) is 5.82 Å². The van der Waals surface area contributed by atoms with Crippen LogP contribution in [0.25, 0.3) is 0 Å². The van der Waals surface area contributed by atoms with Crippen LogP contribution in [0.2, 0.25) is 0 Å². The van der Waals surface area contributed by atoms with E-state index in [9.17, 15) is 4.91 Å². The number of aromatic nitrogens is 1. The van der Waals surface area contributed by atoms with Crippen LogP contribution < -0.4 is 5.32 Å². The van der Waals surface area contributed by atoms with E-state index in [-0.39, 0.29) is 0 Å². The molecule has 1 rings (SSSR count). The molecular formula is C15H29N3O. The lowest BCUT2D eigenvalue weighted by Gasteiger charge is -2.07. The topological polar surface area (TPSA) is 54.4 Å². The van der Waals surface area contributed by atoms with E-state index in [2.05, 4.69) is 36.2 Å². The minimum absolute atomic E-state index is 0.483. The summed E-state index contributed by atoms with van der Waals surface area (Å²) in [7, 11) is 0. The highest BCUT2D eigenvalue weighted by atomic mass is 16.3. The summed E-state index contributed by atoms with van der Waals surface area (Å²) in [6.45, 7) is 13.7. The molecule has 1 heterocycles. The van der Waals surface area contributed by atoms with Gasteiger partial charge in [0.25, 0.3) is 0 Å². The molecule has 0 bridgehead atoms. The Morgan fingerprint density at radius 1 is 1.26 bits per heavy atom. The summed E-state index contributed by atoms with van der Waals surface area (Å²) in [5.74, 6) is 1.01. The van der Waals surface area contributed by atoms with E-state index in [1.807, 2.05) is 33.0 Å². The highest BCUT2D eigenvalue weighted by Gasteiger charge is 1.98. The fourth-order valence-electron chi connectivity index (χ4n) is 1.20. The first-order valence-corrected chi connectivity index (χ1v) is 7.12. The zero-order valence-electron chi connectivity index (χ0n) is 13.3. The normalized spacial score (nSPS) is 8.53. The van der Waals surface area contributed by atoms with Crippen LogP contribution in [0.5, 0.6) is 0 Å². The van der Waals surface area contributed by atoms with Gasteiger partial charge in [0, 0.05) is 12.7 Å². The standard InChI is InChI=1S/C9H14N2.C4H9NO.C2H6/c1-4-10-9-8(3)7(2)5-6-11-9;1-2-3-4-5-6;1-2/h5-6H,4H2,1-3H3,(H,10,11);2-4H2,1H3;1-2H3. The summed E-state index contributed by atoms with van der Waals surface area (Å²) in [5.41, 5.74) is 2.53. The molecule has 0 aliphatic heterocycles. The van der Waals surface area contributed by atoms with Gasteiger partial charge in [-0.05, 0) is 44.4 Å². The predicted molar refractivity (Wildman–Crippen MR) is 84.8 cm³/mol. The number of rotatable bonds is 5. The van der Waals surface area contributed by atoms with Crippen LogP contribution in [0.3, 0.4) is 0 Å². The van der Waals surface area contributed by atoms with Crippen molar-refractivity contribution in [3.63, 3.8) is 0 Å². The quantitative estimate of drug-likeness (QED) is 0.621. The highest BCUT2D eigenvalue weighted by Crippen LogP contribution is 2.13. The van der Waals surface area contributed by atoms with Crippen LogP contribution in [-0.2, 0) is 0 Å². The average molecular weight is 267 g/mol. The Morgan fingerprint density at radius 3 is 2.32 bits per heavy atom.